The van der Waals surface area contributed by atoms with E-state index in [1.807, 2.05) is 6.07 Å². The van der Waals surface area contributed by atoms with Gasteiger partial charge in [0.2, 0.25) is 5.88 Å². The number of hydrogen-bond acceptors (Lipinski definition) is 5. The van der Waals surface area contributed by atoms with Crippen molar-refractivity contribution in [3.8, 4) is 5.88 Å². The number of ether oxygens (including phenoxy) is 1. The zero-order valence-electron chi connectivity index (χ0n) is 11.3. The second-order valence-electron chi connectivity index (χ2n) is 4.51. The number of furan rings is 1. The molecule has 0 amide bonds. The van der Waals surface area contributed by atoms with Gasteiger partial charge in [-0.1, -0.05) is 12.1 Å². The van der Waals surface area contributed by atoms with Crippen LogP contribution in [0.25, 0.3) is 11.0 Å². The van der Waals surface area contributed by atoms with Crippen molar-refractivity contribution in [1.29, 1.82) is 0 Å². The Labute approximate surface area is 120 Å². The van der Waals surface area contributed by atoms with Crippen LogP contribution in [0.4, 0.5) is 4.39 Å². The van der Waals surface area contributed by atoms with Gasteiger partial charge in [0.15, 0.2) is 11.4 Å². The molecule has 3 rings (SSSR count). The van der Waals surface area contributed by atoms with Crippen LogP contribution in [0.3, 0.4) is 0 Å². The molecule has 0 saturated carbocycles. The maximum absolute atomic E-state index is 13.7. The van der Waals surface area contributed by atoms with Crippen LogP contribution in [0.1, 0.15) is 17.4 Å². The van der Waals surface area contributed by atoms with Gasteiger partial charge in [0.05, 0.1) is 7.11 Å². The number of hydrazine groups is 1. The highest BCUT2D eigenvalue weighted by Crippen LogP contribution is 2.32. The number of pyridine rings is 1. The third-order valence-electron chi connectivity index (χ3n) is 3.27. The normalized spacial score (nSPS) is 12.5. The molecule has 0 aliphatic carbocycles. The van der Waals surface area contributed by atoms with Gasteiger partial charge in [0, 0.05) is 17.1 Å². The van der Waals surface area contributed by atoms with Gasteiger partial charge in [-0.15, -0.1) is 0 Å². The van der Waals surface area contributed by atoms with Gasteiger partial charge < -0.3 is 9.15 Å². The average Bonchev–Trinajstić information content (AvgIpc) is 2.94. The van der Waals surface area contributed by atoms with E-state index in [1.54, 1.807) is 30.5 Å². The maximum atomic E-state index is 13.7. The van der Waals surface area contributed by atoms with Gasteiger partial charge in [0.1, 0.15) is 11.8 Å². The molecule has 108 valence electrons. The highest BCUT2D eigenvalue weighted by Gasteiger charge is 2.22. The SMILES string of the molecule is COc1ncccc1C(NN)c1cc2cccc(F)c2o1. The fraction of sp³-hybridized carbons (Fsp3) is 0.133. The first-order valence-electron chi connectivity index (χ1n) is 6.37. The summed E-state index contributed by atoms with van der Waals surface area (Å²) in [6, 6.07) is 9.61. The summed E-state index contributed by atoms with van der Waals surface area (Å²) in [5, 5.41) is 0.674. The lowest BCUT2D eigenvalue weighted by molar-refractivity contribution is 0.380. The predicted octanol–water partition coefficient (Wildman–Crippen LogP) is 2.53. The maximum Gasteiger partial charge on any atom is 0.218 e. The summed E-state index contributed by atoms with van der Waals surface area (Å²) in [6.45, 7) is 0. The van der Waals surface area contributed by atoms with Gasteiger partial charge in [0.25, 0.3) is 0 Å². The number of benzene rings is 1. The number of halogens is 1. The third kappa shape index (κ3) is 2.35. The molecule has 2 aromatic heterocycles. The zero-order valence-corrected chi connectivity index (χ0v) is 11.3. The molecular weight excluding hydrogens is 273 g/mol. The molecule has 3 N–H and O–H groups in total. The summed E-state index contributed by atoms with van der Waals surface area (Å²) in [7, 11) is 1.53. The average molecular weight is 287 g/mol. The quantitative estimate of drug-likeness (QED) is 0.570. The number of aromatic nitrogens is 1. The van der Waals surface area contributed by atoms with Crippen molar-refractivity contribution in [1.82, 2.24) is 10.4 Å². The van der Waals surface area contributed by atoms with E-state index in [4.69, 9.17) is 15.0 Å². The number of nitrogens with one attached hydrogen (secondary N) is 1. The lowest BCUT2D eigenvalue weighted by Gasteiger charge is -2.15. The molecule has 0 saturated heterocycles. The zero-order chi connectivity index (χ0) is 14.8. The minimum atomic E-state index is -0.486. The Morgan fingerprint density at radius 2 is 2.19 bits per heavy atom. The largest absolute Gasteiger partial charge is 0.481 e. The second kappa shape index (κ2) is 5.51. The number of rotatable bonds is 4. The van der Waals surface area contributed by atoms with Crippen LogP contribution in [0.2, 0.25) is 0 Å². The molecule has 3 aromatic rings. The molecule has 1 unspecified atom stereocenters. The summed E-state index contributed by atoms with van der Waals surface area (Å²) in [5.41, 5.74) is 3.57. The molecule has 1 aromatic carbocycles. The molecular formula is C15H14FN3O2. The Hall–Kier alpha value is -2.44. The number of methoxy groups -OCH3 is 1. The van der Waals surface area contributed by atoms with Crippen LogP contribution >= 0.6 is 0 Å². The molecule has 0 radical (unpaired) electrons. The third-order valence-corrected chi connectivity index (χ3v) is 3.27. The Kier molecular flexibility index (Phi) is 3.55. The van der Waals surface area contributed by atoms with Crippen LogP contribution in [0.5, 0.6) is 5.88 Å². The van der Waals surface area contributed by atoms with E-state index in [9.17, 15) is 4.39 Å². The summed E-state index contributed by atoms with van der Waals surface area (Å²) < 4.78 is 24.6. The van der Waals surface area contributed by atoms with Crippen molar-refractivity contribution in [3.05, 3.63) is 59.7 Å². The van der Waals surface area contributed by atoms with E-state index < -0.39 is 11.9 Å². The van der Waals surface area contributed by atoms with Gasteiger partial charge in [-0.25, -0.2) is 14.8 Å². The summed E-state index contributed by atoms with van der Waals surface area (Å²) in [6.07, 6.45) is 1.62. The van der Waals surface area contributed by atoms with Gasteiger partial charge in [-0.05, 0) is 24.3 Å². The van der Waals surface area contributed by atoms with Gasteiger partial charge >= 0.3 is 0 Å². The van der Waals surface area contributed by atoms with E-state index in [-0.39, 0.29) is 5.58 Å². The fourth-order valence-corrected chi connectivity index (χ4v) is 2.31. The molecule has 5 nitrogen and oxygen atoms in total. The summed E-state index contributed by atoms with van der Waals surface area (Å²) in [5.74, 6) is 6.15. The molecule has 2 heterocycles. The molecule has 1 atom stereocenters. The van der Waals surface area contributed by atoms with Crippen molar-refractivity contribution in [2.75, 3.05) is 7.11 Å². The Morgan fingerprint density at radius 1 is 1.33 bits per heavy atom. The van der Waals surface area contributed by atoms with Gasteiger partial charge in [-0.3, -0.25) is 5.84 Å². The highest BCUT2D eigenvalue weighted by atomic mass is 19.1. The summed E-state index contributed by atoms with van der Waals surface area (Å²) >= 11 is 0. The van der Waals surface area contributed by atoms with E-state index in [1.165, 1.54) is 13.2 Å². The van der Waals surface area contributed by atoms with Gasteiger partial charge in [-0.2, -0.15) is 0 Å². The first-order valence-corrected chi connectivity index (χ1v) is 6.37. The van der Waals surface area contributed by atoms with Crippen molar-refractivity contribution >= 4 is 11.0 Å². The smallest absolute Gasteiger partial charge is 0.218 e. The topological polar surface area (TPSA) is 73.3 Å². The minimum absolute atomic E-state index is 0.204. The van der Waals surface area contributed by atoms with Crippen LogP contribution in [0.15, 0.2) is 47.0 Å². The van der Waals surface area contributed by atoms with Crippen LogP contribution in [0, 0.1) is 5.82 Å². The Morgan fingerprint density at radius 3 is 2.90 bits per heavy atom. The minimum Gasteiger partial charge on any atom is -0.481 e. The Balaban J connectivity index is 2.12. The molecule has 6 heteroatoms. The monoisotopic (exact) mass is 287 g/mol. The summed E-state index contributed by atoms with van der Waals surface area (Å²) in [4.78, 5) is 4.13. The number of nitrogens with two attached hydrogens (primary N) is 1. The van der Waals surface area contributed by atoms with Crippen LogP contribution < -0.4 is 16.0 Å². The number of hydrogen-bond donors (Lipinski definition) is 2. The number of nitrogens with zero attached hydrogens (tertiary/aromatic N) is 1. The fourth-order valence-electron chi connectivity index (χ4n) is 2.31. The van der Waals surface area contributed by atoms with E-state index in [2.05, 4.69) is 10.4 Å². The molecule has 0 aliphatic rings. The Bertz CT molecular complexity index is 772. The van der Waals surface area contributed by atoms with Crippen molar-refractivity contribution in [3.63, 3.8) is 0 Å². The van der Waals surface area contributed by atoms with Crippen molar-refractivity contribution in [2.45, 2.75) is 6.04 Å². The lowest BCUT2D eigenvalue weighted by atomic mass is 10.1. The first-order chi connectivity index (χ1) is 10.2. The standard InChI is InChI=1S/C15H14FN3O2/c1-20-15-10(5-3-7-18-15)13(19-17)12-8-9-4-2-6-11(16)14(9)21-12/h2-8,13,19H,17H2,1H3. The number of fused-ring (bicyclic) bond motifs is 1. The highest BCUT2D eigenvalue weighted by molar-refractivity contribution is 5.78. The van der Waals surface area contributed by atoms with E-state index in [0.29, 0.717) is 22.6 Å². The van der Waals surface area contributed by atoms with Crippen molar-refractivity contribution in [2.24, 2.45) is 5.84 Å². The number of para-hydroxylation sites is 1. The predicted molar refractivity (Wildman–Crippen MR) is 76.1 cm³/mol. The molecule has 0 aliphatic heterocycles. The first kappa shape index (κ1) is 13.5. The molecule has 0 bridgehead atoms. The van der Waals surface area contributed by atoms with Crippen molar-refractivity contribution < 1.29 is 13.5 Å². The lowest BCUT2D eigenvalue weighted by Crippen LogP contribution is -2.29. The van der Waals surface area contributed by atoms with E-state index in [0.717, 1.165) is 0 Å². The molecule has 21 heavy (non-hydrogen) atoms. The van der Waals surface area contributed by atoms with E-state index >= 15 is 0 Å². The molecule has 0 spiro atoms. The van der Waals surface area contributed by atoms with Crippen LogP contribution in [-0.2, 0) is 0 Å². The molecule has 0 fully saturated rings. The second-order valence-corrected chi connectivity index (χ2v) is 4.51. The van der Waals surface area contributed by atoms with Crippen LogP contribution in [-0.4, -0.2) is 12.1 Å².